The topological polar surface area (TPSA) is 68.1 Å². The monoisotopic (exact) mass is 227 g/mol. The molecule has 1 N–H and O–H groups in total. The maximum Gasteiger partial charge on any atom is 0.345 e. The molecule has 15 heavy (non-hydrogen) atoms. The van der Waals surface area contributed by atoms with Crippen molar-refractivity contribution in [3.8, 4) is 0 Å². The molecule has 1 saturated carbocycles. The van der Waals surface area contributed by atoms with E-state index in [0.717, 1.165) is 17.9 Å². The highest BCUT2D eigenvalue weighted by atomic mass is 32.1. The maximum absolute atomic E-state index is 10.4. The van der Waals surface area contributed by atoms with E-state index in [-0.39, 0.29) is 5.00 Å². The van der Waals surface area contributed by atoms with Gasteiger partial charge in [-0.05, 0) is 29.6 Å². The fourth-order valence-electron chi connectivity index (χ4n) is 1.68. The summed E-state index contributed by atoms with van der Waals surface area (Å²) in [4.78, 5) is 14.0. The molecule has 82 valence electrons. The van der Waals surface area contributed by atoms with Crippen molar-refractivity contribution in [2.45, 2.75) is 26.2 Å². The van der Waals surface area contributed by atoms with E-state index in [9.17, 15) is 10.1 Å². The van der Waals surface area contributed by atoms with E-state index in [1.165, 1.54) is 25.5 Å². The highest BCUT2D eigenvalue weighted by Crippen LogP contribution is 2.40. The summed E-state index contributed by atoms with van der Waals surface area (Å²) in [5.74, 6) is 0. The SMILES string of the molecule is CC1(CNc2ncc([N+](=O)[O-])s2)CCC1. The first-order valence-corrected chi connectivity index (χ1v) is 5.75. The first-order valence-electron chi connectivity index (χ1n) is 4.93. The average molecular weight is 227 g/mol. The normalized spacial score (nSPS) is 18.2. The van der Waals surface area contributed by atoms with Crippen LogP contribution < -0.4 is 5.32 Å². The van der Waals surface area contributed by atoms with Gasteiger partial charge in [-0.3, -0.25) is 10.1 Å². The summed E-state index contributed by atoms with van der Waals surface area (Å²) in [7, 11) is 0. The molecular weight excluding hydrogens is 214 g/mol. The molecule has 0 spiro atoms. The molecule has 1 heterocycles. The van der Waals surface area contributed by atoms with Crippen LogP contribution in [0.3, 0.4) is 0 Å². The smallest absolute Gasteiger partial charge is 0.345 e. The van der Waals surface area contributed by atoms with Gasteiger partial charge < -0.3 is 5.32 Å². The average Bonchev–Trinajstić information content (AvgIpc) is 2.60. The minimum absolute atomic E-state index is 0.0938. The summed E-state index contributed by atoms with van der Waals surface area (Å²) in [5, 5.41) is 14.3. The predicted molar refractivity (Wildman–Crippen MR) is 59.2 cm³/mol. The highest BCUT2D eigenvalue weighted by molar-refractivity contribution is 7.18. The fourth-order valence-corrected chi connectivity index (χ4v) is 2.31. The van der Waals surface area contributed by atoms with Crippen LogP contribution in [0, 0.1) is 15.5 Å². The number of nitro groups is 1. The molecule has 1 fully saturated rings. The van der Waals surface area contributed by atoms with Crippen molar-refractivity contribution in [2.24, 2.45) is 5.41 Å². The molecule has 0 aliphatic heterocycles. The molecule has 1 aromatic heterocycles. The molecule has 0 saturated heterocycles. The minimum atomic E-state index is -0.409. The van der Waals surface area contributed by atoms with E-state index in [1.54, 1.807) is 0 Å². The van der Waals surface area contributed by atoms with Crippen molar-refractivity contribution in [1.82, 2.24) is 4.98 Å². The van der Waals surface area contributed by atoms with Crippen molar-refractivity contribution in [1.29, 1.82) is 0 Å². The van der Waals surface area contributed by atoms with Crippen LogP contribution in [-0.2, 0) is 0 Å². The molecule has 1 aliphatic rings. The quantitative estimate of drug-likeness (QED) is 0.634. The summed E-state index contributed by atoms with van der Waals surface area (Å²) in [6.07, 6.45) is 5.05. The first-order chi connectivity index (χ1) is 7.09. The van der Waals surface area contributed by atoms with Gasteiger partial charge in [0.25, 0.3) is 0 Å². The van der Waals surface area contributed by atoms with Crippen molar-refractivity contribution in [2.75, 3.05) is 11.9 Å². The lowest BCUT2D eigenvalue weighted by molar-refractivity contribution is -0.380. The molecule has 6 heteroatoms. The predicted octanol–water partition coefficient (Wildman–Crippen LogP) is 2.65. The van der Waals surface area contributed by atoms with E-state index in [1.807, 2.05) is 0 Å². The Labute approximate surface area is 91.7 Å². The third kappa shape index (κ3) is 2.26. The Morgan fingerprint density at radius 1 is 1.73 bits per heavy atom. The van der Waals surface area contributed by atoms with Gasteiger partial charge in [-0.15, -0.1) is 0 Å². The second-order valence-corrected chi connectivity index (χ2v) is 5.29. The minimum Gasteiger partial charge on any atom is -0.361 e. The van der Waals surface area contributed by atoms with Crippen LogP contribution in [-0.4, -0.2) is 16.5 Å². The number of anilines is 1. The molecule has 0 unspecified atom stereocenters. The van der Waals surface area contributed by atoms with Crippen LogP contribution in [0.5, 0.6) is 0 Å². The van der Waals surface area contributed by atoms with Crippen LogP contribution in [0.4, 0.5) is 10.1 Å². The maximum atomic E-state index is 10.4. The van der Waals surface area contributed by atoms with Crippen LogP contribution in [0.15, 0.2) is 6.20 Å². The summed E-state index contributed by atoms with van der Waals surface area (Å²) >= 11 is 1.09. The van der Waals surface area contributed by atoms with Crippen molar-refractivity contribution in [3.05, 3.63) is 16.3 Å². The summed E-state index contributed by atoms with van der Waals surface area (Å²) in [6.45, 7) is 3.09. The zero-order valence-electron chi connectivity index (χ0n) is 8.52. The van der Waals surface area contributed by atoms with Crippen LogP contribution >= 0.6 is 11.3 Å². The van der Waals surface area contributed by atoms with Gasteiger partial charge in [-0.2, -0.15) is 0 Å². The van der Waals surface area contributed by atoms with Gasteiger partial charge >= 0.3 is 5.00 Å². The van der Waals surface area contributed by atoms with Gasteiger partial charge in [0.2, 0.25) is 0 Å². The van der Waals surface area contributed by atoms with E-state index < -0.39 is 4.92 Å². The summed E-state index contributed by atoms with van der Waals surface area (Å²) in [5.41, 5.74) is 0.362. The highest BCUT2D eigenvalue weighted by Gasteiger charge is 2.31. The second-order valence-electron chi connectivity index (χ2n) is 4.28. The number of hydrogen-bond acceptors (Lipinski definition) is 5. The fraction of sp³-hybridized carbons (Fsp3) is 0.667. The number of aromatic nitrogens is 1. The number of hydrogen-bond donors (Lipinski definition) is 1. The molecule has 0 aromatic carbocycles. The van der Waals surface area contributed by atoms with Gasteiger partial charge in [0.15, 0.2) is 5.13 Å². The molecule has 0 atom stereocenters. The van der Waals surface area contributed by atoms with Gasteiger partial charge in [-0.1, -0.05) is 13.3 Å². The molecule has 1 aromatic rings. The lowest BCUT2D eigenvalue weighted by atomic mass is 9.70. The number of thiazole rings is 1. The Morgan fingerprint density at radius 3 is 2.93 bits per heavy atom. The Kier molecular flexibility index (Phi) is 2.60. The van der Waals surface area contributed by atoms with E-state index in [2.05, 4.69) is 17.2 Å². The standard InChI is InChI=1S/C9H13N3O2S/c1-9(3-2-4-9)6-11-8-10-5-7(15-8)12(13)14/h5H,2-4,6H2,1H3,(H,10,11). The Bertz CT molecular complexity index is 373. The largest absolute Gasteiger partial charge is 0.361 e. The number of nitrogens with zero attached hydrogens (tertiary/aromatic N) is 2. The zero-order valence-corrected chi connectivity index (χ0v) is 9.34. The van der Waals surface area contributed by atoms with Crippen molar-refractivity contribution < 1.29 is 4.92 Å². The van der Waals surface area contributed by atoms with Gasteiger partial charge in [0.05, 0.1) is 4.92 Å². The Balaban J connectivity index is 1.90. The zero-order chi connectivity index (χ0) is 10.9. The van der Waals surface area contributed by atoms with Crippen molar-refractivity contribution in [3.63, 3.8) is 0 Å². The molecule has 2 rings (SSSR count). The van der Waals surface area contributed by atoms with E-state index >= 15 is 0 Å². The molecule has 1 aliphatic carbocycles. The lowest BCUT2D eigenvalue weighted by Gasteiger charge is -2.38. The van der Waals surface area contributed by atoms with Gasteiger partial charge in [0, 0.05) is 6.54 Å². The summed E-state index contributed by atoms with van der Waals surface area (Å²) in [6, 6.07) is 0. The molecule has 0 bridgehead atoms. The molecule has 0 radical (unpaired) electrons. The summed E-state index contributed by atoms with van der Waals surface area (Å²) < 4.78 is 0. The van der Waals surface area contributed by atoms with Crippen LogP contribution in [0.1, 0.15) is 26.2 Å². The first kappa shape index (κ1) is 10.4. The molecular formula is C9H13N3O2S. The van der Waals surface area contributed by atoms with E-state index in [4.69, 9.17) is 0 Å². The Hall–Kier alpha value is -1.17. The Morgan fingerprint density at radius 2 is 2.47 bits per heavy atom. The van der Waals surface area contributed by atoms with Crippen LogP contribution in [0.25, 0.3) is 0 Å². The lowest BCUT2D eigenvalue weighted by Crippen LogP contribution is -2.33. The third-order valence-electron chi connectivity index (χ3n) is 2.90. The number of rotatable bonds is 4. The van der Waals surface area contributed by atoms with Crippen LogP contribution in [0.2, 0.25) is 0 Å². The second kappa shape index (κ2) is 3.77. The van der Waals surface area contributed by atoms with Crippen molar-refractivity contribution >= 4 is 21.5 Å². The van der Waals surface area contributed by atoms with E-state index in [0.29, 0.717) is 10.5 Å². The van der Waals surface area contributed by atoms with Gasteiger partial charge in [-0.25, -0.2) is 4.98 Å². The van der Waals surface area contributed by atoms with Gasteiger partial charge in [0.1, 0.15) is 6.20 Å². The molecule has 0 amide bonds. The molecule has 5 nitrogen and oxygen atoms in total. The number of nitrogens with one attached hydrogen (secondary N) is 1. The third-order valence-corrected chi connectivity index (χ3v) is 3.81.